The van der Waals surface area contributed by atoms with E-state index in [2.05, 4.69) is 22.1 Å². The molecule has 4 aromatic rings. The highest BCUT2D eigenvalue weighted by Crippen LogP contribution is 2.25. The maximum Gasteiger partial charge on any atom is 0.262 e. The number of aromatic nitrogens is 1. The number of nitrogens with zero attached hydrogens (tertiary/aromatic N) is 1. The number of carbonyl (C=O) groups is 1. The Morgan fingerprint density at radius 1 is 0.897 bits per heavy atom. The highest BCUT2D eigenvalue weighted by Gasteiger charge is 2.06. The molecular formula is C25H18N2O2. The molecule has 0 aliphatic carbocycles. The summed E-state index contributed by atoms with van der Waals surface area (Å²) < 4.78 is 5.74. The van der Waals surface area contributed by atoms with E-state index in [-0.39, 0.29) is 12.5 Å². The van der Waals surface area contributed by atoms with Crippen molar-refractivity contribution in [3.05, 3.63) is 102 Å². The Kier molecular flexibility index (Phi) is 5.50. The van der Waals surface area contributed by atoms with E-state index in [0.717, 1.165) is 16.3 Å². The number of hydrogen-bond acceptors (Lipinski definition) is 3. The van der Waals surface area contributed by atoms with Crippen molar-refractivity contribution in [1.29, 1.82) is 0 Å². The average Bonchev–Trinajstić information content (AvgIpc) is 2.77. The summed E-state index contributed by atoms with van der Waals surface area (Å²) in [6.45, 7) is -0.0716. The molecule has 0 saturated carbocycles. The van der Waals surface area contributed by atoms with E-state index in [1.807, 2.05) is 84.9 Å². The standard InChI is InChI=1S/C25H18N2O2/c28-25(18-29-24-13-6-9-20-8-1-2-12-23(20)24)27-22-11-5-7-19(17-22)14-15-21-10-3-4-16-26-21/h1-13,16-17H,18H2,(H,27,28). The molecule has 0 saturated heterocycles. The smallest absolute Gasteiger partial charge is 0.262 e. The predicted molar refractivity (Wildman–Crippen MR) is 115 cm³/mol. The lowest BCUT2D eigenvalue weighted by Crippen LogP contribution is -2.20. The molecule has 4 heteroatoms. The monoisotopic (exact) mass is 378 g/mol. The summed E-state index contributed by atoms with van der Waals surface area (Å²) >= 11 is 0. The topological polar surface area (TPSA) is 51.2 Å². The number of fused-ring (bicyclic) bond motifs is 1. The molecule has 0 spiro atoms. The van der Waals surface area contributed by atoms with E-state index in [4.69, 9.17) is 4.74 Å². The molecule has 0 atom stereocenters. The fourth-order valence-corrected chi connectivity index (χ4v) is 2.91. The predicted octanol–water partition coefficient (Wildman–Crippen LogP) is 4.65. The minimum absolute atomic E-state index is 0.0716. The fourth-order valence-electron chi connectivity index (χ4n) is 2.91. The number of pyridine rings is 1. The minimum atomic E-state index is -0.229. The summed E-state index contributed by atoms with van der Waals surface area (Å²) in [4.78, 5) is 16.5. The first kappa shape index (κ1) is 18.3. The molecule has 4 rings (SSSR count). The summed E-state index contributed by atoms with van der Waals surface area (Å²) in [6, 6.07) is 26.7. The number of rotatable bonds is 4. The van der Waals surface area contributed by atoms with Crippen LogP contribution >= 0.6 is 0 Å². The molecule has 0 bridgehead atoms. The second-order valence-electron chi connectivity index (χ2n) is 6.36. The van der Waals surface area contributed by atoms with Gasteiger partial charge in [-0.05, 0) is 47.7 Å². The first-order valence-corrected chi connectivity index (χ1v) is 9.21. The van der Waals surface area contributed by atoms with Gasteiger partial charge in [-0.1, -0.05) is 54.5 Å². The molecule has 0 aliphatic rings. The molecule has 29 heavy (non-hydrogen) atoms. The van der Waals surface area contributed by atoms with Crippen LogP contribution in [0.2, 0.25) is 0 Å². The van der Waals surface area contributed by atoms with Gasteiger partial charge < -0.3 is 10.1 Å². The van der Waals surface area contributed by atoms with Crippen LogP contribution in [0.5, 0.6) is 5.75 Å². The fraction of sp³-hybridized carbons (Fsp3) is 0.0400. The van der Waals surface area contributed by atoms with Crippen LogP contribution in [-0.2, 0) is 4.79 Å². The van der Waals surface area contributed by atoms with Gasteiger partial charge in [0.2, 0.25) is 0 Å². The van der Waals surface area contributed by atoms with Crippen molar-refractivity contribution >= 4 is 22.4 Å². The van der Waals surface area contributed by atoms with Crippen molar-refractivity contribution in [2.75, 3.05) is 11.9 Å². The summed E-state index contributed by atoms with van der Waals surface area (Å²) in [6.07, 6.45) is 1.70. The minimum Gasteiger partial charge on any atom is -0.483 e. The summed E-state index contributed by atoms with van der Waals surface area (Å²) in [5.74, 6) is 6.52. The number of hydrogen-bond donors (Lipinski definition) is 1. The molecule has 0 fully saturated rings. The molecule has 1 heterocycles. The van der Waals surface area contributed by atoms with Crippen LogP contribution in [-0.4, -0.2) is 17.5 Å². The van der Waals surface area contributed by atoms with Crippen LogP contribution in [0.3, 0.4) is 0 Å². The van der Waals surface area contributed by atoms with E-state index in [1.165, 1.54) is 0 Å². The molecule has 4 nitrogen and oxygen atoms in total. The van der Waals surface area contributed by atoms with Gasteiger partial charge in [-0.25, -0.2) is 4.98 Å². The maximum absolute atomic E-state index is 12.3. The lowest BCUT2D eigenvalue weighted by molar-refractivity contribution is -0.118. The number of anilines is 1. The molecule has 1 N–H and O–H groups in total. The van der Waals surface area contributed by atoms with Crippen molar-refractivity contribution in [1.82, 2.24) is 4.98 Å². The molecular weight excluding hydrogens is 360 g/mol. The number of nitrogens with one attached hydrogen (secondary N) is 1. The van der Waals surface area contributed by atoms with Gasteiger partial charge in [-0.3, -0.25) is 4.79 Å². The molecule has 0 unspecified atom stereocenters. The summed E-state index contributed by atoms with van der Waals surface area (Å²) in [7, 11) is 0. The van der Waals surface area contributed by atoms with E-state index in [1.54, 1.807) is 6.20 Å². The number of carbonyl (C=O) groups excluding carboxylic acids is 1. The summed E-state index contributed by atoms with van der Waals surface area (Å²) in [5, 5.41) is 4.91. The second kappa shape index (κ2) is 8.73. The lowest BCUT2D eigenvalue weighted by Gasteiger charge is -2.10. The molecule has 1 aromatic heterocycles. The SMILES string of the molecule is O=C(COc1cccc2ccccc12)Nc1cccc(C#Cc2ccccn2)c1. The van der Waals surface area contributed by atoms with Crippen LogP contribution < -0.4 is 10.1 Å². The van der Waals surface area contributed by atoms with Crippen LogP contribution in [0.1, 0.15) is 11.3 Å². The van der Waals surface area contributed by atoms with Gasteiger partial charge in [0.25, 0.3) is 5.91 Å². The quantitative estimate of drug-likeness (QED) is 0.526. The van der Waals surface area contributed by atoms with Gasteiger partial charge in [0.1, 0.15) is 11.4 Å². The van der Waals surface area contributed by atoms with E-state index >= 15 is 0 Å². The van der Waals surface area contributed by atoms with E-state index < -0.39 is 0 Å². The van der Waals surface area contributed by atoms with Crippen molar-refractivity contribution in [2.45, 2.75) is 0 Å². The van der Waals surface area contributed by atoms with Crippen LogP contribution in [0.15, 0.2) is 91.1 Å². The second-order valence-corrected chi connectivity index (χ2v) is 6.36. The zero-order valence-corrected chi connectivity index (χ0v) is 15.6. The zero-order valence-electron chi connectivity index (χ0n) is 15.6. The van der Waals surface area contributed by atoms with Gasteiger partial charge in [-0.2, -0.15) is 0 Å². The maximum atomic E-state index is 12.3. The van der Waals surface area contributed by atoms with Gasteiger partial charge in [0, 0.05) is 22.8 Å². The van der Waals surface area contributed by atoms with Crippen LogP contribution in [0.25, 0.3) is 10.8 Å². The third-order valence-corrected chi connectivity index (χ3v) is 4.25. The van der Waals surface area contributed by atoms with Crippen LogP contribution in [0, 0.1) is 11.8 Å². The molecule has 1 amide bonds. The molecule has 3 aromatic carbocycles. The van der Waals surface area contributed by atoms with Crippen molar-refractivity contribution in [2.24, 2.45) is 0 Å². The third-order valence-electron chi connectivity index (χ3n) is 4.25. The van der Waals surface area contributed by atoms with Gasteiger partial charge >= 0.3 is 0 Å². The Balaban J connectivity index is 1.40. The van der Waals surface area contributed by atoms with Crippen molar-refractivity contribution in [3.63, 3.8) is 0 Å². The highest BCUT2D eigenvalue weighted by atomic mass is 16.5. The lowest BCUT2D eigenvalue weighted by atomic mass is 10.1. The molecule has 140 valence electrons. The molecule has 0 aliphatic heterocycles. The van der Waals surface area contributed by atoms with Crippen LogP contribution in [0.4, 0.5) is 5.69 Å². The van der Waals surface area contributed by atoms with E-state index in [9.17, 15) is 4.79 Å². The van der Waals surface area contributed by atoms with Crippen molar-refractivity contribution in [3.8, 4) is 17.6 Å². The Morgan fingerprint density at radius 3 is 2.62 bits per heavy atom. The number of benzene rings is 3. The molecule has 0 radical (unpaired) electrons. The van der Waals surface area contributed by atoms with Gasteiger partial charge in [-0.15, -0.1) is 0 Å². The largest absolute Gasteiger partial charge is 0.483 e. The third kappa shape index (κ3) is 4.79. The Bertz CT molecular complexity index is 1200. The normalized spacial score (nSPS) is 10.1. The average molecular weight is 378 g/mol. The zero-order chi connectivity index (χ0) is 19.9. The Hall–Kier alpha value is -4.10. The van der Waals surface area contributed by atoms with E-state index in [0.29, 0.717) is 17.1 Å². The van der Waals surface area contributed by atoms with Gasteiger partial charge in [0.05, 0.1) is 0 Å². The van der Waals surface area contributed by atoms with Crippen molar-refractivity contribution < 1.29 is 9.53 Å². The summed E-state index contributed by atoms with van der Waals surface area (Å²) in [5.41, 5.74) is 2.16. The first-order valence-electron chi connectivity index (χ1n) is 9.21. The highest BCUT2D eigenvalue weighted by molar-refractivity contribution is 5.93. The number of amides is 1. The number of ether oxygens (including phenoxy) is 1. The first-order chi connectivity index (χ1) is 14.3. The Morgan fingerprint density at radius 2 is 1.72 bits per heavy atom. The Labute approximate surface area is 169 Å². The van der Waals surface area contributed by atoms with Gasteiger partial charge in [0.15, 0.2) is 6.61 Å².